The molecule has 5 aromatic heterocycles. The summed E-state index contributed by atoms with van der Waals surface area (Å²) >= 11 is 0. The minimum absolute atomic E-state index is 0.0977. The van der Waals surface area contributed by atoms with Gasteiger partial charge in [-0.05, 0) is 199 Å². The molecule has 0 N–H and O–H groups in total. The van der Waals surface area contributed by atoms with Crippen LogP contribution >= 0.6 is 0 Å². The van der Waals surface area contributed by atoms with Crippen LogP contribution in [0.2, 0.25) is 0 Å². The van der Waals surface area contributed by atoms with E-state index in [4.69, 9.17) is 15.0 Å². The predicted octanol–water partition coefficient (Wildman–Crippen LogP) is 26.9. The quantitative estimate of drug-likeness (QED) is 0.137. The van der Waals surface area contributed by atoms with Crippen LogP contribution in [0.4, 0.5) is 0 Å². The van der Waals surface area contributed by atoms with Crippen molar-refractivity contribution >= 4 is 87.2 Å². The number of nitrogens with zero attached hydrogens (tertiary/aromatic N) is 7. The molecule has 526 valence electrons. The first-order chi connectivity index (χ1) is 55.0. The van der Waals surface area contributed by atoms with Crippen molar-refractivity contribution in [3.05, 3.63) is 380 Å². The molecule has 0 spiro atoms. The molecular formula is C105H71N7. The van der Waals surface area contributed by atoms with Crippen LogP contribution in [0.5, 0.6) is 0 Å². The molecule has 0 radical (unpaired) electrons. The molecule has 0 bridgehead atoms. The average molecular weight is 1430 g/mol. The minimum Gasteiger partial charge on any atom is -0.309 e. The second-order valence-electron chi connectivity index (χ2n) is 31.5. The topological polar surface area (TPSA) is 58.4 Å². The summed E-state index contributed by atoms with van der Waals surface area (Å²) in [5, 5.41) is 9.73. The van der Waals surface area contributed by atoms with E-state index in [2.05, 4.69) is 386 Å². The molecule has 0 saturated carbocycles. The molecule has 7 heteroatoms. The standard InChI is InChI=1S/C105H71N7/c1-104(2)89-34-14-8-28-77(89)79-50-48-75(62-91(79)104)111-95-38-18-12-32-83(95)87-60-70(46-54-99(87)111)68-44-52-97-85(58-68)81-30-10-16-36-93(81)109(97)73-26-20-24-67(56-73)64-40-42-66(43-41-64)102-106-101(65-22-6-5-7-23-65)107-103(108-102)72-25-21-27-74(57-72)110-94-37-17-11-31-82(94)86-59-69(45-53-98(86)110)71-47-55-100-88(61-71)84-33-13-19-39-96(84)112(100)76-49-51-80-78-29-9-15-35-90(78)105(3,4)92(80)63-76/h5-63H,1-4H3. The number of para-hydroxylation sites is 4. The lowest BCUT2D eigenvalue weighted by atomic mass is 9.82. The largest absolute Gasteiger partial charge is 0.309 e. The zero-order valence-corrected chi connectivity index (χ0v) is 62.2. The van der Waals surface area contributed by atoms with Crippen LogP contribution in [0, 0.1) is 0 Å². The lowest BCUT2D eigenvalue weighted by Crippen LogP contribution is -2.15. The van der Waals surface area contributed by atoms with E-state index in [9.17, 15) is 0 Å². The van der Waals surface area contributed by atoms with Gasteiger partial charge in [-0.25, -0.2) is 15.0 Å². The molecule has 0 unspecified atom stereocenters. The second-order valence-corrected chi connectivity index (χ2v) is 31.5. The van der Waals surface area contributed by atoms with Crippen LogP contribution in [0.3, 0.4) is 0 Å². The summed E-state index contributed by atoms with van der Waals surface area (Å²) in [5.41, 5.74) is 34.0. The van der Waals surface area contributed by atoms with Crippen molar-refractivity contribution in [2.45, 2.75) is 38.5 Å². The van der Waals surface area contributed by atoms with Crippen LogP contribution in [0.15, 0.2) is 358 Å². The first kappa shape index (κ1) is 63.8. The second kappa shape index (κ2) is 24.1. The first-order valence-electron chi connectivity index (χ1n) is 38.8. The lowest BCUT2D eigenvalue weighted by Gasteiger charge is -2.22. The highest BCUT2D eigenvalue weighted by Gasteiger charge is 2.37. The Morgan fingerprint density at radius 2 is 0.455 bits per heavy atom. The minimum atomic E-state index is -0.103. The smallest absolute Gasteiger partial charge is 0.164 e. The maximum Gasteiger partial charge on any atom is 0.164 e. The fraction of sp³-hybridized carbons (Fsp3) is 0.0571. The molecule has 0 atom stereocenters. The summed E-state index contributed by atoms with van der Waals surface area (Å²) in [6, 6.07) is 132. The van der Waals surface area contributed by atoms with Crippen LogP contribution in [0.25, 0.3) is 200 Å². The van der Waals surface area contributed by atoms with Gasteiger partial charge in [0.05, 0.1) is 44.1 Å². The first-order valence-corrected chi connectivity index (χ1v) is 38.8. The van der Waals surface area contributed by atoms with Crippen molar-refractivity contribution < 1.29 is 0 Å². The zero-order valence-electron chi connectivity index (χ0n) is 62.2. The van der Waals surface area contributed by atoms with E-state index in [0.29, 0.717) is 17.5 Å². The molecule has 0 amide bonds. The Kier molecular flexibility index (Phi) is 13.7. The SMILES string of the molecule is CC1(C)c2ccccc2-c2ccc(-n3c4ccccc4c4cc(-c5ccc6c(c5)c5ccccc5n6-c5cccc(-c6ccc(-c7nc(-c8ccccc8)nc(-c8cccc(-n9c%10ccccc%10c%10cc(-c%11ccc%12c(c%11)c%11ccccc%11n%12-c%11ccc%12c(c%11)C(C)(C)c%11ccccc%11-%12)ccc%109)c8)n7)cc6)c5)ccc43)cc21. The summed E-state index contributed by atoms with van der Waals surface area (Å²) in [6.45, 7) is 9.44. The number of hydrogen-bond donors (Lipinski definition) is 0. The molecule has 23 rings (SSSR count). The molecule has 21 aromatic rings. The Morgan fingerprint density at radius 1 is 0.179 bits per heavy atom. The number of hydrogen-bond acceptors (Lipinski definition) is 3. The van der Waals surface area contributed by atoms with Gasteiger partial charge in [0.1, 0.15) is 0 Å². The van der Waals surface area contributed by atoms with E-state index in [1.54, 1.807) is 0 Å². The van der Waals surface area contributed by atoms with E-state index in [0.717, 1.165) is 66.8 Å². The molecule has 16 aromatic carbocycles. The third-order valence-electron chi connectivity index (χ3n) is 24.6. The third kappa shape index (κ3) is 9.56. The van der Waals surface area contributed by atoms with Gasteiger partial charge in [-0.3, -0.25) is 0 Å². The summed E-state index contributed by atoms with van der Waals surface area (Å²) in [6.07, 6.45) is 0. The van der Waals surface area contributed by atoms with Gasteiger partial charge in [0, 0.05) is 93.4 Å². The van der Waals surface area contributed by atoms with Gasteiger partial charge in [0.25, 0.3) is 0 Å². The highest BCUT2D eigenvalue weighted by atomic mass is 15.0. The van der Waals surface area contributed by atoms with Crippen LogP contribution in [0.1, 0.15) is 49.9 Å². The Balaban J connectivity index is 0.558. The van der Waals surface area contributed by atoms with Gasteiger partial charge in [-0.1, -0.05) is 264 Å². The van der Waals surface area contributed by atoms with Gasteiger partial charge in [0.2, 0.25) is 0 Å². The van der Waals surface area contributed by atoms with Gasteiger partial charge < -0.3 is 18.3 Å². The molecule has 0 saturated heterocycles. The van der Waals surface area contributed by atoms with Crippen LogP contribution in [-0.4, -0.2) is 33.2 Å². The third-order valence-corrected chi connectivity index (χ3v) is 24.6. The fourth-order valence-electron chi connectivity index (χ4n) is 19.2. The number of aromatic nitrogens is 7. The van der Waals surface area contributed by atoms with E-state index in [1.165, 1.54) is 138 Å². The van der Waals surface area contributed by atoms with Gasteiger partial charge in [-0.15, -0.1) is 0 Å². The average Bonchev–Trinajstić information content (AvgIpc) is 1.57. The molecule has 7 nitrogen and oxygen atoms in total. The van der Waals surface area contributed by atoms with Crippen LogP contribution < -0.4 is 0 Å². The summed E-state index contributed by atoms with van der Waals surface area (Å²) in [7, 11) is 0. The summed E-state index contributed by atoms with van der Waals surface area (Å²) < 4.78 is 9.71. The van der Waals surface area contributed by atoms with Crippen molar-refractivity contribution in [2.75, 3.05) is 0 Å². The molecule has 5 heterocycles. The molecule has 2 aliphatic carbocycles. The van der Waals surface area contributed by atoms with Crippen molar-refractivity contribution in [3.8, 4) is 113 Å². The number of benzene rings is 16. The maximum absolute atomic E-state index is 5.33. The number of fused-ring (bicyclic) bond motifs is 18. The molecule has 112 heavy (non-hydrogen) atoms. The van der Waals surface area contributed by atoms with Gasteiger partial charge in [-0.2, -0.15) is 0 Å². The van der Waals surface area contributed by atoms with Crippen LogP contribution in [-0.2, 0) is 10.8 Å². The monoisotopic (exact) mass is 1430 g/mol. The normalized spacial score (nSPS) is 13.3. The molecular weight excluding hydrogens is 1360 g/mol. The van der Waals surface area contributed by atoms with Crippen molar-refractivity contribution in [1.29, 1.82) is 0 Å². The Labute approximate surface area is 647 Å². The predicted molar refractivity (Wildman–Crippen MR) is 465 cm³/mol. The lowest BCUT2D eigenvalue weighted by molar-refractivity contribution is 0.660. The highest BCUT2D eigenvalue weighted by Crippen LogP contribution is 2.52. The van der Waals surface area contributed by atoms with E-state index >= 15 is 0 Å². The maximum atomic E-state index is 5.33. The van der Waals surface area contributed by atoms with Gasteiger partial charge >= 0.3 is 0 Å². The van der Waals surface area contributed by atoms with E-state index < -0.39 is 0 Å². The molecule has 2 aliphatic rings. The highest BCUT2D eigenvalue weighted by molar-refractivity contribution is 6.15. The van der Waals surface area contributed by atoms with Crippen molar-refractivity contribution in [3.63, 3.8) is 0 Å². The Hall–Kier alpha value is -14.3. The van der Waals surface area contributed by atoms with Gasteiger partial charge in [0.15, 0.2) is 17.5 Å². The summed E-state index contributed by atoms with van der Waals surface area (Å²) in [5.74, 6) is 1.81. The molecule has 0 aliphatic heterocycles. The van der Waals surface area contributed by atoms with Crippen molar-refractivity contribution in [1.82, 2.24) is 33.2 Å². The Morgan fingerprint density at radius 3 is 0.866 bits per heavy atom. The molecule has 0 fully saturated rings. The fourth-order valence-corrected chi connectivity index (χ4v) is 19.2. The van der Waals surface area contributed by atoms with Crippen molar-refractivity contribution in [2.24, 2.45) is 0 Å². The van der Waals surface area contributed by atoms with E-state index in [1.807, 2.05) is 18.2 Å². The number of rotatable bonds is 10. The zero-order chi connectivity index (χ0) is 74.2. The Bertz CT molecular complexity index is 7560. The summed E-state index contributed by atoms with van der Waals surface area (Å²) in [4.78, 5) is 15.8. The van der Waals surface area contributed by atoms with E-state index in [-0.39, 0.29) is 10.8 Å².